The predicted octanol–water partition coefficient (Wildman–Crippen LogP) is 1.82. The van der Waals surface area contributed by atoms with E-state index in [1.54, 1.807) is 18.2 Å². The highest BCUT2D eigenvalue weighted by atomic mass is 16.7. The zero-order valence-corrected chi connectivity index (χ0v) is 13.0. The zero-order valence-electron chi connectivity index (χ0n) is 13.0. The van der Waals surface area contributed by atoms with Gasteiger partial charge in [-0.2, -0.15) is 5.26 Å². The smallest absolute Gasteiger partial charge is 0.399 e. The maximum Gasteiger partial charge on any atom is 0.494 e. The third kappa shape index (κ3) is 3.09. The van der Waals surface area contributed by atoms with Gasteiger partial charge in [-0.15, -0.1) is 0 Å². The van der Waals surface area contributed by atoms with Gasteiger partial charge in [0.25, 0.3) is 0 Å². The van der Waals surface area contributed by atoms with E-state index in [-0.39, 0.29) is 5.91 Å². The number of amides is 1. The third-order valence-electron chi connectivity index (χ3n) is 3.93. The van der Waals surface area contributed by atoms with E-state index in [1.807, 2.05) is 27.7 Å². The molecule has 6 heteroatoms. The molecule has 0 unspecified atom stereocenters. The van der Waals surface area contributed by atoms with Gasteiger partial charge in [0.1, 0.15) is 0 Å². The van der Waals surface area contributed by atoms with Gasteiger partial charge in [-0.05, 0) is 51.4 Å². The molecule has 1 fully saturated rings. The number of nitrogens with zero attached hydrogens (tertiary/aromatic N) is 1. The minimum Gasteiger partial charge on any atom is -0.399 e. The Bertz CT molecular complexity index is 604. The molecule has 0 aliphatic carbocycles. The van der Waals surface area contributed by atoms with Crippen molar-refractivity contribution in [3.63, 3.8) is 0 Å². The molecule has 1 N–H and O–H groups in total. The van der Waals surface area contributed by atoms with Crippen molar-refractivity contribution in [2.24, 2.45) is 0 Å². The number of carbonyl (C=O) groups excluding carboxylic acids is 1. The van der Waals surface area contributed by atoms with Gasteiger partial charge in [0, 0.05) is 12.6 Å². The average Bonchev–Trinajstić information content (AvgIpc) is 2.57. The Kier molecular flexibility index (Phi) is 3.83. The first kappa shape index (κ1) is 15.6. The monoisotopic (exact) mass is 286 g/mol. The molecule has 1 aliphatic heterocycles. The van der Waals surface area contributed by atoms with E-state index >= 15 is 0 Å². The predicted molar refractivity (Wildman–Crippen MR) is 81.2 cm³/mol. The average molecular weight is 286 g/mol. The Morgan fingerprint density at radius 2 is 1.76 bits per heavy atom. The van der Waals surface area contributed by atoms with Crippen LogP contribution in [0.5, 0.6) is 0 Å². The number of hydrogen-bond acceptors (Lipinski definition) is 4. The van der Waals surface area contributed by atoms with Crippen LogP contribution in [-0.2, 0) is 14.1 Å². The van der Waals surface area contributed by atoms with E-state index in [0.717, 1.165) is 5.46 Å². The number of rotatable bonds is 2. The summed E-state index contributed by atoms with van der Waals surface area (Å²) in [5, 5.41) is 11.8. The summed E-state index contributed by atoms with van der Waals surface area (Å²) >= 11 is 0. The lowest BCUT2D eigenvalue weighted by atomic mass is 9.78. The van der Waals surface area contributed by atoms with Crippen molar-refractivity contribution in [1.82, 2.24) is 0 Å². The first-order valence-corrected chi connectivity index (χ1v) is 6.83. The summed E-state index contributed by atoms with van der Waals surface area (Å²) in [6, 6.07) is 7.19. The number of nitrogens with one attached hydrogen (secondary N) is 1. The van der Waals surface area contributed by atoms with Crippen LogP contribution >= 0.6 is 0 Å². The number of nitriles is 1. The van der Waals surface area contributed by atoms with Gasteiger partial charge in [-0.1, -0.05) is 0 Å². The van der Waals surface area contributed by atoms with Crippen LogP contribution in [0.4, 0.5) is 5.69 Å². The molecule has 1 aromatic rings. The number of anilines is 1. The summed E-state index contributed by atoms with van der Waals surface area (Å²) in [6.07, 6.45) is 0. The molecular formula is C15H19BN2O3. The lowest BCUT2D eigenvalue weighted by molar-refractivity contribution is -0.114. The summed E-state index contributed by atoms with van der Waals surface area (Å²) < 4.78 is 11.9. The molecule has 5 nitrogen and oxygen atoms in total. The SMILES string of the molecule is CC(=O)Nc1cc(C#N)cc(B2OC(C)(C)C(C)(C)O2)c1. The molecule has 0 radical (unpaired) electrons. The summed E-state index contributed by atoms with van der Waals surface area (Å²) in [7, 11) is -0.559. The van der Waals surface area contributed by atoms with Gasteiger partial charge >= 0.3 is 7.12 Å². The molecule has 0 bridgehead atoms. The van der Waals surface area contributed by atoms with Crippen molar-refractivity contribution in [1.29, 1.82) is 5.26 Å². The molecule has 110 valence electrons. The highest BCUT2D eigenvalue weighted by Crippen LogP contribution is 2.36. The normalized spacial score (nSPS) is 19.1. The Morgan fingerprint density at radius 1 is 1.19 bits per heavy atom. The maximum atomic E-state index is 11.2. The van der Waals surface area contributed by atoms with Crippen LogP contribution in [0.25, 0.3) is 0 Å². The molecule has 1 heterocycles. The summed E-state index contributed by atoms with van der Waals surface area (Å²) in [5.41, 5.74) is 0.830. The van der Waals surface area contributed by atoms with E-state index in [9.17, 15) is 4.79 Å². The Morgan fingerprint density at radius 3 is 2.24 bits per heavy atom. The van der Waals surface area contributed by atoms with Crippen molar-refractivity contribution >= 4 is 24.2 Å². The Labute approximate surface area is 125 Å². The van der Waals surface area contributed by atoms with Gasteiger partial charge in [0.2, 0.25) is 5.91 Å². The standard InChI is InChI=1S/C15H19BN2O3/c1-10(19)18-13-7-11(9-17)6-12(8-13)16-20-14(2,3)15(4,5)21-16/h6-8H,1-5H3,(H,18,19). The minimum atomic E-state index is -0.559. The number of carbonyl (C=O) groups is 1. The fourth-order valence-electron chi connectivity index (χ4n) is 2.11. The first-order valence-electron chi connectivity index (χ1n) is 6.83. The van der Waals surface area contributed by atoms with Crippen molar-refractivity contribution in [3.05, 3.63) is 23.8 Å². The van der Waals surface area contributed by atoms with Crippen molar-refractivity contribution < 1.29 is 14.1 Å². The molecule has 2 rings (SSSR count). The van der Waals surface area contributed by atoms with Crippen molar-refractivity contribution in [3.8, 4) is 6.07 Å². The quantitative estimate of drug-likeness (QED) is 0.842. The fourth-order valence-corrected chi connectivity index (χ4v) is 2.11. The van der Waals surface area contributed by atoms with Gasteiger partial charge < -0.3 is 14.6 Å². The van der Waals surface area contributed by atoms with Crippen LogP contribution in [0.2, 0.25) is 0 Å². The van der Waals surface area contributed by atoms with Gasteiger partial charge in [-0.3, -0.25) is 4.79 Å². The second-order valence-corrected chi connectivity index (χ2v) is 6.22. The molecule has 1 saturated heterocycles. The summed E-state index contributed by atoms with van der Waals surface area (Å²) in [6.45, 7) is 9.30. The molecule has 1 aliphatic rings. The largest absolute Gasteiger partial charge is 0.494 e. The Balaban J connectivity index is 2.37. The molecule has 1 aromatic carbocycles. The van der Waals surface area contributed by atoms with Crippen LogP contribution < -0.4 is 10.8 Å². The lowest BCUT2D eigenvalue weighted by Crippen LogP contribution is -2.41. The molecular weight excluding hydrogens is 267 g/mol. The van der Waals surface area contributed by atoms with Crippen LogP contribution in [0, 0.1) is 11.3 Å². The van der Waals surface area contributed by atoms with Gasteiger partial charge in [0.15, 0.2) is 0 Å². The number of benzene rings is 1. The van der Waals surface area contributed by atoms with Crippen LogP contribution in [0.15, 0.2) is 18.2 Å². The molecule has 0 spiro atoms. The lowest BCUT2D eigenvalue weighted by Gasteiger charge is -2.32. The molecule has 0 saturated carbocycles. The highest BCUT2D eigenvalue weighted by molar-refractivity contribution is 6.62. The first-order chi connectivity index (χ1) is 9.64. The van der Waals surface area contributed by atoms with E-state index < -0.39 is 18.3 Å². The topological polar surface area (TPSA) is 71.4 Å². The number of hydrogen-bond donors (Lipinski definition) is 1. The van der Waals surface area contributed by atoms with E-state index in [1.165, 1.54) is 6.92 Å². The summed E-state index contributed by atoms with van der Waals surface area (Å²) in [4.78, 5) is 11.2. The molecule has 21 heavy (non-hydrogen) atoms. The van der Waals surface area contributed by atoms with Crippen LogP contribution in [0.3, 0.4) is 0 Å². The third-order valence-corrected chi connectivity index (χ3v) is 3.93. The zero-order chi connectivity index (χ0) is 15.8. The Hall–Kier alpha value is -1.84. The second-order valence-electron chi connectivity index (χ2n) is 6.22. The highest BCUT2D eigenvalue weighted by Gasteiger charge is 2.51. The minimum absolute atomic E-state index is 0.190. The summed E-state index contributed by atoms with van der Waals surface area (Å²) in [5.74, 6) is -0.190. The van der Waals surface area contributed by atoms with E-state index in [4.69, 9.17) is 14.6 Å². The van der Waals surface area contributed by atoms with Crippen LogP contribution in [0.1, 0.15) is 40.2 Å². The van der Waals surface area contributed by atoms with E-state index in [0.29, 0.717) is 11.3 Å². The second kappa shape index (κ2) is 5.17. The maximum absolute atomic E-state index is 11.2. The van der Waals surface area contributed by atoms with Crippen molar-refractivity contribution in [2.45, 2.75) is 45.8 Å². The molecule has 0 atom stereocenters. The fraction of sp³-hybridized carbons (Fsp3) is 0.467. The molecule has 0 aromatic heterocycles. The van der Waals surface area contributed by atoms with Crippen LogP contribution in [-0.4, -0.2) is 24.2 Å². The van der Waals surface area contributed by atoms with Crippen molar-refractivity contribution in [2.75, 3.05) is 5.32 Å². The van der Waals surface area contributed by atoms with Gasteiger partial charge in [-0.25, -0.2) is 0 Å². The van der Waals surface area contributed by atoms with Gasteiger partial charge in [0.05, 0.1) is 22.8 Å². The molecule has 1 amide bonds. The van der Waals surface area contributed by atoms with E-state index in [2.05, 4.69) is 11.4 Å².